The van der Waals surface area contributed by atoms with Gasteiger partial charge < -0.3 is 4.74 Å². The predicted octanol–water partition coefficient (Wildman–Crippen LogP) is 2.42. The van der Waals surface area contributed by atoms with Gasteiger partial charge in [-0.25, -0.2) is 14.8 Å². The van der Waals surface area contributed by atoms with Crippen molar-refractivity contribution in [1.82, 2.24) is 15.3 Å². The quantitative estimate of drug-likeness (QED) is 0.854. The van der Waals surface area contributed by atoms with E-state index in [2.05, 4.69) is 15.3 Å². The maximum Gasteiger partial charge on any atom is 0.331 e. The van der Waals surface area contributed by atoms with E-state index < -0.39 is 11.9 Å². The van der Waals surface area contributed by atoms with Crippen molar-refractivity contribution in [3.8, 4) is 5.75 Å². The summed E-state index contributed by atoms with van der Waals surface area (Å²) >= 11 is 12.1. The number of imide groups is 1. The molecule has 118 valence electrons. The van der Waals surface area contributed by atoms with Crippen molar-refractivity contribution >= 4 is 41.1 Å². The molecular formula is C14H10Cl2N4O3. The number of carbonyl (C=O) groups is 2. The zero-order chi connectivity index (χ0) is 16.4. The van der Waals surface area contributed by atoms with E-state index in [1.54, 1.807) is 18.2 Å². The van der Waals surface area contributed by atoms with Gasteiger partial charge >= 0.3 is 6.03 Å². The molecule has 1 aliphatic heterocycles. The summed E-state index contributed by atoms with van der Waals surface area (Å²) in [6.45, 7) is 0.0537. The lowest BCUT2D eigenvalue weighted by Gasteiger charge is -2.12. The molecule has 2 aromatic rings. The molecular weight excluding hydrogens is 343 g/mol. The lowest BCUT2D eigenvalue weighted by atomic mass is 10.2. The number of benzene rings is 1. The first kappa shape index (κ1) is 15.5. The van der Waals surface area contributed by atoms with Crippen molar-refractivity contribution in [1.29, 1.82) is 0 Å². The number of halogens is 2. The number of carbonyl (C=O) groups excluding carboxylic acids is 2. The van der Waals surface area contributed by atoms with Crippen molar-refractivity contribution in [2.24, 2.45) is 0 Å². The molecule has 7 nitrogen and oxygen atoms in total. The molecule has 0 radical (unpaired) electrons. The fourth-order valence-electron chi connectivity index (χ4n) is 1.95. The smallest absolute Gasteiger partial charge is 0.331 e. The van der Waals surface area contributed by atoms with E-state index in [0.29, 0.717) is 21.4 Å². The van der Waals surface area contributed by atoms with Gasteiger partial charge in [-0.2, -0.15) is 0 Å². The molecule has 1 saturated heterocycles. The summed E-state index contributed by atoms with van der Waals surface area (Å²) in [5.74, 6) is 0.111. The standard InChI is InChI=1S/C14H10Cl2N4O3/c15-10-2-1-3-11(16)9(10)7-23-8-4-17-13(18-5-8)20-6-12(21)19-14(20)22/h1-5H,6-7H2,(H,19,21,22). The number of nitrogens with one attached hydrogen (secondary N) is 1. The average Bonchev–Trinajstić information content (AvgIpc) is 2.86. The van der Waals surface area contributed by atoms with Crippen LogP contribution in [0.25, 0.3) is 0 Å². The number of nitrogens with zero attached hydrogens (tertiary/aromatic N) is 3. The van der Waals surface area contributed by atoms with Crippen molar-refractivity contribution in [2.45, 2.75) is 6.61 Å². The number of rotatable bonds is 4. The number of hydrogen-bond acceptors (Lipinski definition) is 5. The SMILES string of the molecule is O=C1CN(c2ncc(OCc3c(Cl)cccc3Cl)cn2)C(=O)N1. The van der Waals surface area contributed by atoms with Crippen LogP contribution in [0.1, 0.15) is 5.56 Å². The van der Waals surface area contributed by atoms with Crippen LogP contribution in [0.3, 0.4) is 0 Å². The fraction of sp³-hybridized carbons (Fsp3) is 0.143. The second-order valence-corrected chi connectivity index (χ2v) is 5.46. The van der Waals surface area contributed by atoms with E-state index in [-0.39, 0.29) is 19.1 Å². The van der Waals surface area contributed by atoms with Crippen molar-refractivity contribution < 1.29 is 14.3 Å². The largest absolute Gasteiger partial charge is 0.486 e. The zero-order valence-corrected chi connectivity index (χ0v) is 13.1. The monoisotopic (exact) mass is 352 g/mol. The van der Waals surface area contributed by atoms with Gasteiger partial charge in [-0.1, -0.05) is 29.3 Å². The highest BCUT2D eigenvalue weighted by molar-refractivity contribution is 6.35. The van der Waals surface area contributed by atoms with Crippen LogP contribution in [-0.2, 0) is 11.4 Å². The van der Waals surface area contributed by atoms with Crippen LogP contribution in [0.4, 0.5) is 10.7 Å². The molecule has 1 aromatic carbocycles. The van der Waals surface area contributed by atoms with E-state index in [1.807, 2.05) is 0 Å². The summed E-state index contributed by atoms with van der Waals surface area (Å²) < 4.78 is 5.54. The first-order chi connectivity index (χ1) is 11.0. The molecule has 0 spiro atoms. The zero-order valence-electron chi connectivity index (χ0n) is 11.6. The number of aromatic nitrogens is 2. The molecule has 1 N–H and O–H groups in total. The Kier molecular flexibility index (Phi) is 4.31. The Morgan fingerprint density at radius 1 is 1.17 bits per heavy atom. The molecule has 0 bridgehead atoms. The van der Waals surface area contributed by atoms with E-state index in [4.69, 9.17) is 27.9 Å². The minimum atomic E-state index is -0.550. The molecule has 3 amide bonds. The molecule has 0 atom stereocenters. The van der Waals surface area contributed by atoms with Gasteiger partial charge in [0.2, 0.25) is 11.9 Å². The summed E-state index contributed by atoms with van der Waals surface area (Å²) in [7, 11) is 0. The third-order valence-electron chi connectivity index (χ3n) is 3.09. The molecule has 9 heteroatoms. The van der Waals surface area contributed by atoms with Crippen LogP contribution in [0.15, 0.2) is 30.6 Å². The second kappa shape index (κ2) is 6.39. The summed E-state index contributed by atoms with van der Waals surface area (Å²) in [6.07, 6.45) is 2.81. The Hall–Kier alpha value is -2.38. The van der Waals surface area contributed by atoms with Crippen LogP contribution in [0.2, 0.25) is 10.0 Å². The van der Waals surface area contributed by atoms with E-state index in [0.717, 1.165) is 4.90 Å². The molecule has 1 aliphatic rings. The number of amides is 3. The molecule has 2 heterocycles. The normalized spacial score (nSPS) is 14.1. The van der Waals surface area contributed by atoms with Crippen molar-refractivity contribution in [2.75, 3.05) is 11.4 Å². The van der Waals surface area contributed by atoms with Gasteiger partial charge in [-0.15, -0.1) is 0 Å². The number of ether oxygens (including phenoxy) is 1. The van der Waals surface area contributed by atoms with E-state index in [9.17, 15) is 9.59 Å². The van der Waals surface area contributed by atoms with Gasteiger partial charge in [0, 0.05) is 15.6 Å². The van der Waals surface area contributed by atoms with Crippen LogP contribution >= 0.6 is 23.2 Å². The topological polar surface area (TPSA) is 84.4 Å². The Bertz CT molecular complexity index is 747. The van der Waals surface area contributed by atoms with Gasteiger partial charge in [-0.05, 0) is 12.1 Å². The number of hydrogen-bond donors (Lipinski definition) is 1. The minimum Gasteiger partial charge on any atom is -0.486 e. The second-order valence-electron chi connectivity index (χ2n) is 4.65. The lowest BCUT2D eigenvalue weighted by molar-refractivity contribution is -0.117. The van der Waals surface area contributed by atoms with Crippen LogP contribution in [0.5, 0.6) is 5.75 Å². The Morgan fingerprint density at radius 3 is 2.39 bits per heavy atom. The minimum absolute atomic E-state index is 0.103. The van der Waals surface area contributed by atoms with Gasteiger partial charge in [0.15, 0.2) is 5.75 Å². The lowest BCUT2D eigenvalue weighted by Crippen LogP contribution is -2.29. The molecule has 1 fully saturated rings. The van der Waals surface area contributed by atoms with Crippen LogP contribution in [0, 0.1) is 0 Å². The molecule has 0 unspecified atom stereocenters. The Morgan fingerprint density at radius 2 is 1.83 bits per heavy atom. The predicted molar refractivity (Wildman–Crippen MR) is 83.7 cm³/mol. The van der Waals surface area contributed by atoms with Gasteiger partial charge in [0.25, 0.3) is 0 Å². The van der Waals surface area contributed by atoms with Gasteiger partial charge in [-0.3, -0.25) is 15.0 Å². The van der Waals surface area contributed by atoms with Crippen molar-refractivity contribution in [3.63, 3.8) is 0 Å². The number of urea groups is 1. The summed E-state index contributed by atoms with van der Waals surface area (Å²) in [5.41, 5.74) is 0.657. The summed E-state index contributed by atoms with van der Waals surface area (Å²) in [6, 6.07) is 4.63. The Labute approximate surface area is 141 Å². The van der Waals surface area contributed by atoms with Gasteiger partial charge in [0.1, 0.15) is 13.2 Å². The molecule has 23 heavy (non-hydrogen) atoms. The third-order valence-corrected chi connectivity index (χ3v) is 3.80. The maximum atomic E-state index is 11.5. The van der Waals surface area contributed by atoms with E-state index >= 15 is 0 Å². The van der Waals surface area contributed by atoms with Crippen LogP contribution in [-0.4, -0.2) is 28.5 Å². The van der Waals surface area contributed by atoms with Crippen molar-refractivity contribution in [3.05, 3.63) is 46.2 Å². The fourth-order valence-corrected chi connectivity index (χ4v) is 2.46. The first-order valence-corrected chi connectivity index (χ1v) is 7.29. The number of anilines is 1. The molecule has 3 rings (SSSR count). The highest BCUT2D eigenvalue weighted by Crippen LogP contribution is 2.25. The first-order valence-electron chi connectivity index (χ1n) is 6.53. The van der Waals surface area contributed by atoms with Gasteiger partial charge in [0.05, 0.1) is 12.4 Å². The molecule has 1 aromatic heterocycles. The summed E-state index contributed by atoms with van der Waals surface area (Å²) in [4.78, 5) is 31.8. The third kappa shape index (κ3) is 3.35. The maximum absolute atomic E-state index is 11.5. The average molecular weight is 353 g/mol. The highest BCUT2D eigenvalue weighted by Gasteiger charge is 2.29. The summed E-state index contributed by atoms with van der Waals surface area (Å²) in [5, 5.41) is 3.15. The van der Waals surface area contributed by atoms with Crippen LogP contribution < -0.4 is 15.0 Å². The molecule has 0 aliphatic carbocycles. The highest BCUT2D eigenvalue weighted by atomic mass is 35.5. The molecule has 0 saturated carbocycles. The van der Waals surface area contributed by atoms with E-state index in [1.165, 1.54) is 12.4 Å². The Balaban J connectivity index is 1.68.